The number of hydrogen-bond acceptors (Lipinski definition) is 3. The zero-order valence-corrected chi connectivity index (χ0v) is 15.9. The Labute approximate surface area is 135 Å². The molecule has 1 unspecified atom stereocenters. The molecule has 1 atom stereocenters. The predicted molar refractivity (Wildman–Crippen MR) is 92.7 cm³/mol. The average Bonchev–Trinajstić information content (AvgIpc) is 2.38. The molecule has 0 bridgehead atoms. The van der Waals surface area contributed by atoms with E-state index in [-0.39, 0.29) is 22.2 Å². The molecule has 1 fully saturated rings. The predicted octanol–water partition coefficient (Wildman–Crippen LogP) is 5.45. The molecule has 1 aliphatic carbocycles. The molecule has 0 heterocycles. The molecule has 21 heavy (non-hydrogen) atoms. The minimum Gasteiger partial charge on any atom is -0.462 e. The van der Waals surface area contributed by atoms with Crippen molar-refractivity contribution < 1.29 is 9.53 Å². The van der Waals surface area contributed by atoms with Crippen molar-refractivity contribution in [1.29, 1.82) is 0 Å². The monoisotopic (exact) mass is 314 g/mol. The summed E-state index contributed by atoms with van der Waals surface area (Å²) in [6.45, 7) is 13.0. The van der Waals surface area contributed by atoms with Crippen molar-refractivity contribution >= 4 is 17.7 Å². The lowest BCUT2D eigenvalue weighted by Gasteiger charge is -2.44. The standard InChI is InChI=1S/C18H34O2S/c1-16(2,3)18(6,13-17(4,5)21-7)15(19)20-14-11-9-8-10-12-14/h14H,8-13H2,1-7H3. The first-order chi connectivity index (χ1) is 9.52. The Balaban J connectivity index is 2.88. The Bertz CT molecular complexity index is 351. The number of hydrogen-bond donors (Lipinski definition) is 0. The van der Waals surface area contributed by atoms with Crippen molar-refractivity contribution in [3.8, 4) is 0 Å². The first-order valence-electron chi connectivity index (χ1n) is 8.28. The molecule has 2 nitrogen and oxygen atoms in total. The summed E-state index contributed by atoms with van der Waals surface area (Å²) in [5.41, 5.74) is -0.553. The summed E-state index contributed by atoms with van der Waals surface area (Å²) in [6, 6.07) is 0. The zero-order chi connectivity index (χ0) is 16.3. The molecule has 1 saturated carbocycles. The minimum absolute atomic E-state index is 0.00373. The summed E-state index contributed by atoms with van der Waals surface area (Å²) in [5, 5.41) is 0. The Morgan fingerprint density at radius 1 is 1.05 bits per heavy atom. The van der Waals surface area contributed by atoms with Gasteiger partial charge in [0.05, 0.1) is 5.41 Å². The summed E-state index contributed by atoms with van der Waals surface area (Å²) in [4.78, 5) is 12.9. The van der Waals surface area contributed by atoms with Crippen molar-refractivity contribution in [1.82, 2.24) is 0 Å². The van der Waals surface area contributed by atoms with Gasteiger partial charge in [0.25, 0.3) is 0 Å². The highest BCUT2D eigenvalue weighted by atomic mass is 32.2. The van der Waals surface area contributed by atoms with E-state index in [0.29, 0.717) is 0 Å². The normalized spacial score (nSPS) is 20.9. The Morgan fingerprint density at radius 2 is 1.57 bits per heavy atom. The number of rotatable bonds is 5. The van der Waals surface area contributed by atoms with Crippen LogP contribution in [-0.4, -0.2) is 23.1 Å². The molecule has 1 aliphatic rings. The van der Waals surface area contributed by atoms with E-state index >= 15 is 0 Å². The zero-order valence-electron chi connectivity index (χ0n) is 15.0. The van der Waals surface area contributed by atoms with Gasteiger partial charge in [-0.05, 0) is 50.7 Å². The molecule has 0 spiro atoms. The van der Waals surface area contributed by atoms with Gasteiger partial charge in [0.2, 0.25) is 0 Å². The van der Waals surface area contributed by atoms with Gasteiger partial charge in [-0.2, -0.15) is 11.8 Å². The van der Waals surface area contributed by atoms with E-state index in [1.807, 2.05) is 11.8 Å². The van der Waals surface area contributed by atoms with Crippen LogP contribution in [0.5, 0.6) is 0 Å². The van der Waals surface area contributed by atoms with Gasteiger partial charge in [0.1, 0.15) is 6.10 Å². The van der Waals surface area contributed by atoms with Crippen LogP contribution in [0.3, 0.4) is 0 Å². The number of ether oxygens (including phenoxy) is 1. The molecule has 3 heteroatoms. The van der Waals surface area contributed by atoms with E-state index in [2.05, 4.69) is 47.8 Å². The second-order valence-electron chi connectivity index (χ2n) is 8.39. The third kappa shape index (κ3) is 4.91. The van der Waals surface area contributed by atoms with E-state index in [4.69, 9.17) is 4.74 Å². The molecule has 1 rings (SSSR count). The van der Waals surface area contributed by atoms with Crippen molar-refractivity contribution in [2.24, 2.45) is 10.8 Å². The molecule has 0 aromatic carbocycles. The Morgan fingerprint density at radius 3 is 2.00 bits per heavy atom. The smallest absolute Gasteiger partial charge is 0.312 e. The minimum atomic E-state index is -0.447. The van der Waals surface area contributed by atoms with E-state index in [0.717, 1.165) is 19.3 Å². The molecule has 0 radical (unpaired) electrons. The van der Waals surface area contributed by atoms with Crippen LogP contribution < -0.4 is 0 Å². The molecule has 0 aromatic rings. The summed E-state index contributed by atoms with van der Waals surface area (Å²) in [7, 11) is 0. The van der Waals surface area contributed by atoms with Gasteiger partial charge < -0.3 is 4.74 Å². The van der Waals surface area contributed by atoms with Crippen LogP contribution in [0.2, 0.25) is 0 Å². The highest BCUT2D eigenvalue weighted by molar-refractivity contribution is 7.99. The summed E-state index contributed by atoms with van der Waals surface area (Å²) in [5.74, 6) is 0.00373. The van der Waals surface area contributed by atoms with Crippen molar-refractivity contribution in [3.05, 3.63) is 0 Å². The maximum atomic E-state index is 12.9. The third-order valence-electron chi connectivity index (χ3n) is 5.26. The quantitative estimate of drug-likeness (QED) is 0.631. The lowest BCUT2D eigenvalue weighted by molar-refractivity contribution is -0.170. The fourth-order valence-corrected chi connectivity index (χ4v) is 3.46. The van der Waals surface area contributed by atoms with E-state index in [9.17, 15) is 4.79 Å². The average molecular weight is 315 g/mol. The van der Waals surface area contributed by atoms with Crippen LogP contribution in [0.4, 0.5) is 0 Å². The highest BCUT2D eigenvalue weighted by Gasteiger charge is 2.49. The molecule has 0 aliphatic heterocycles. The molecule has 0 N–H and O–H groups in total. The second kappa shape index (κ2) is 6.93. The van der Waals surface area contributed by atoms with Crippen LogP contribution in [0.15, 0.2) is 0 Å². The molecule has 0 amide bonds. The fraction of sp³-hybridized carbons (Fsp3) is 0.944. The van der Waals surface area contributed by atoms with E-state index in [1.54, 1.807) is 0 Å². The van der Waals surface area contributed by atoms with Crippen LogP contribution in [-0.2, 0) is 9.53 Å². The largest absolute Gasteiger partial charge is 0.462 e. The summed E-state index contributed by atoms with van der Waals surface area (Å²) < 4.78 is 6.00. The first-order valence-corrected chi connectivity index (χ1v) is 9.50. The SMILES string of the molecule is CSC(C)(C)CC(C)(C(=O)OC1CCCCC1)C(C)(C)C. The second-order valence-corrected chi connectivity index (χ2v) is 9.90. The molecular weight excluding hydrogens is 280 g/mol. The first kappa shape index (κ1) is 18.9. The Kier molecular flexibility index (Phi) is 6.23. The lowest BCUT2D eigenvalue weighted by Crippen LogP contribution is -2.46. The van der Waals surface area contributed by atoms with Crippen LogP contribution in [0, 0.1) is 10.8 Å². The molecule has 0 aromatic heterocycles. The van der Waals surface area contributed by atoms with Crippen LogP contribution >= 0.6 is 11.8 Å². The maximum absolute atomic E-state index is 12.9. The molecule has 0 saturated heterocycles. The highest BCUT2D eigenvalue weighted by Crippen LogP contribution is 2.48. The topological polar surface area (TPSA) is 26.3 Å². The molecule has 124 valence electrons. The van der Waals surface area contributed by atoms with Crippen molar-refractivity contribution in [2.45, 2.75) is 90.9 Å². The lowest BCUT2D eigenvalue weighted by atomic mass is 9.64. The van der Waals surface area contributed by atoms with Crippen molar-refractivity contribution in [2.75, 3.05) is 6.26 Å². The number of carbonyl (C=O) groups is 1. The van der Waals surface area contributed by atoms with Gasteiger partial charge in [-0.3, -0.25) is 4.79 Å². The van der Waals surface area contributed by atoms with Crippen LogP contribution in [0.1, 0.15) is 80.1 Å². The number of thioether (sulfide) groups is 1. The van der Waals surface area contributed by atoms with Crippen LogP contribution in [0.25, 0.3) is 0 Å². The fourth-order valence-electron chi connectivity index (χ4n) is 3.03. The molecular formula is C18H34O2S. The van der Waals surface area contributed by atoms with E-state index in [1.165, 1.54) is 19.3 Å². The maximum Gasteiger partial charge on any atom is 0.312 e. The van der Waals surface area contributed by atoms with E-state index < -0.39 is 5.41 Å². The number of esters is 1. The van der Waals surface area contributed by atoms with Gasteiger partial charge in [-0.15, -0.1) is 0 Å². The number of carbonyl (C=O) groups excluding carboxylic acids is 1. The Hall–Kier alpha value is -0.180. The van der Waals surface area contributed by atoms with Crippen molar-refractivity contribution in [3.63, 3.8) is 0 Å². The summed E-state index contributed by atoms with van der Waals surface area (Å²) in [6.07, 6.45) is 8.86. The van der Waals surface area contributed by atoms with Gasteiger partial charge in [-0.25, -0.2) is 0 Å². The summed E-state index contributed by atoms with van der Waals surface area (Å²) >= 11 is 1.83. The van der Waals surface area contributed by atoms with Gasteiger partial charge in [0.15, 0.2) is 0 Å². The van der Waals surface area contributed by atoms with Gasteiger partial charge in [0, 0.05) is 4.75 Å². The van der Waals surface area contributed by atoms with Gasteiger partial charge in [-0.1, -0.05) is 41.0 Å². The van der Waals surface area contributed by atoms with Gasteiger partial charge >= 0.3 is 5.97 Å². The third-order valence-corrected chi connectivity index (χ3v) is 6.51.